The fourth-order valence-electron chi connectivity index (χ4n) is 4.24. The fraction of sp³-hybridized carbons (Fsp3) is 0.400. The van der Waals surface area contributed by atoms with Gasteiger partial charge >= 0.3 is 5.69 Å². The van der Waals surface area contributed by atoms with E-state index in [2.05, 4.69) is 24.1 Å². The SMILES string of the molecule is Cn1c2c(c(=O)n(C)c1=O)[C@@H](c1ccncc1)C1=C(CC(C)(C)CC1=O)N2. The second kappa shape index (κ2) is 5.77. The van der Waals surface area contributed by atoms with E-state index in [-0.39, 0.29) is 16.8 Å². The van der Waals surface area contributed by atoms with E-state index in [1.165, 1.54) is 11.6 Å². The second-order valence-electron chi connectivity index (χ2n) is 8.14. The molecule has 0 spiro atoms. The Morgan fingerprint density at radius 3 is 2.41 bits per heavy atom. The van der Waals surface area contributed by atoms with Crippen LogP contribution < -0.4 is 16.6 Å². The van der Waals surface area contributed by atoms with Crippen LogP contribution in [0.5, 0.6) is 0 Å². The van der Waals surface area contributed by atoms with Crippen molar-refractivity contribution >= 4 is 11.6 Å². The van der Waals surface area contributed by atoms with Gasteiger partial charge in [-0.25, -0.2) is 4.79 Å². The van der Waals surface area contributed by atoms with Crippen molar-refractivity contribution in [2.45, 2.75) is 32.6 Å². The molecule has 0 amide bonds. The van der Waals surface area contributed by atoms with E-state index in [9.17, 15) is 14.4 Å². The molecular formula is C20H22N4O3. The highest BCUT2D eigenvalue weighted by atomic mass is 16.2. The van der Waals surface area contributed by atoms with E-state index >= 15 is 0 Å². The normalized spacial score (nSPS) is 20.7. The molecule has 27 heavy (non-hydrogen) atoms. The summed E-state index contributed by atoms with van der Waals surface area (Å²) >= 11 is 0. The molecular weight excluding hydrogens is 344 g/mol. The number of rotatable bonds is 1. The molecule has 1 aliphatic carbocycles. The maximum absolute atomic E-state index is 13.1. The Kier molecular flexibility index (Phi) is 3.73. The maximum Gasteiger partial charge on any atom is 0.332 e. The molecule has 1 aliphatic heterocycles. The third-order valence-corrected chi connectivity index (χ3v) is 5.51. The Labute approximate surface area is 156 Å². The Balaban J connectivity index is 2.08. The highest BCUT2D eigenvalue weighted by Gasteiger charge is 2.42. The molecule has 2 aliphatic rings. The number of carbonyl (C=O) groups excluding carboxylic acids is 1. The molecule has 0 saturated heterocycles. The van der Waals surface area contributed by atoms with Crippen LogP contribution in [0.4, 0.5) is 5.82 Å². The molecule has 2 aromatic rings. The van der Waals surface area contributed by atoms with Crippen molar-refractivity contribution in [3.8, 4) is 0 Å². The maximum atomic E-state index is 13.1. The molecule has 0 bridgehead atoms. The predicted molar refractivity (Wildman–Crippen MR) is 102 cm³/mol. The molecule has 7 heteroatoms. The molecule has 1 atom stereocenters. The van der Waals surface area contributed by atoms with E-state index in [4.69, 9.17) is 0 Å². The minimum absolute atomic E-state index is 0.0390. The topological polar surface area (TPSA) is 86.0 Å². The standard InChI is InChI=1S/C20H22N4O3/c1-20(2)9-12-15(13(25)10-20)14(11-5-7-21-8-6-11)16-17(22-12)23(3)19(27)24(4)18(16)26/h5-8,14,22H,9-10H2,1-4H3/t14-/m0/s1. The van der Waals surface area contributed by atoms with Crippen LogP contribution in [0.3, 0.4) is 0 Å². The smallest absolute Gasteiger partial charge is 0.332 e. The van der Waals surface area contributed by atoms with Crippen LogP contribution in [0, 0.1) is 5.41 Å². The number of nitrogens with one attached hydrogen (secondary N) is 1. The van der Waals surface area contributed by atoms with Gasteiger partial charge in [0.1, 0.15) is 5.82 Å². The number of allylic oxidation sites excluding steroid dienone is 2. The van der Waals surface area contributed by atoms with Gasteiger partial charge in [0.15, 0.2) is 5.78 Å². The first-order valence-corrected chi connectivity index (χ1v) is 8.94. The van der Waals surface area contributed by atoms with E-state index in [1.807, 2.05) is 12.1 Å². The quantitative estimate of drug-likeness (QED) is 0.830. The Bertz CT molecular complexity index is 1110. The average Bonchev–Trinajstić information content (AvgIpc) is 2.62. The Morgan fingerprint density at radius 1 is 1.07 bits per heavy atom. The monoisotopic (exact) mass is 366 g/mol. The van der Waals surface area contributed by atoms with Gasteiger partial charge in [-0.3, -0.25) is 23.7 Å². The van der Waals surface area contributed by atoms with Crippen molar-refractivity contribution in [2.75, 3.05) is 5.32 Å². The van der Waals surface area contributed by atoms with Crippen molar-refractivity contribution in [1.29, 1.82) is 0 Å². The highest BCUT2D eigenvalue weighted by Crippen LogP contribution is 2.47. The number of hydrogen-bond acceptors (Lipinski definition) is 5. The lowest BCUT2D eigenvalue weighted by molar-refractivity contribution is -0.118. The molecule has 0 fully saturated rings. The Morgan fingerprint density at radius 2 is 1.74 bits per heavy atom. The first-order chi connectivity index (χ1) is 12.7. The molecule has 0 unspecified atom stereocenters. The number of anilines is 1. The van der Waals surface area contributed by atoms with Crippen LogP contribution >= 0.6 is 0 Å². The highest BCUT2D eigenvalue weighted by molar-refractivity contribution is 6.01. The van der Waals surface area contributed by atoms with Gasteiger partial charge in [0.05, 0.1) is 5.56 Å². The third kappa shape index (κ3) is 2.57. The summed E-state index contributed by atoms with van der Waals surface area (Å²) in [7, 11) is 3.10. The lowest BCUT2D eigenvalue weighted by atomic mass is 9.69. The number of pyridine rings is 1. The summed E-state index contributed by atoms with van der Waals surface area (Å²) in [6.07, 6.45) is 4.41. The minimum Gasteiger partial charge on any atom is -0.344 e. The van der Waals surface area contributed by atoms with Crippen LogP contribution in [0.1, 0.15) is 43.7 Å². The van der Waals surface area contributed by atoms with E-state index < -0.39 is 11.6 Å². The number of carbonyl (C=O) groups is 1. The second-order valence-corrected chi connectivity index (χ2v) is 8.14. The largest absolute Gasteiger partial charge is 0.344 e. The van der Waals surface area contributed by atoms with Crippen LogP contribution in [0.15, 0.2) is 45.4 Å². The summed E-state index contributed by atoms with van der Waals surface area (Å²) in [5.41, 5.74) is 1.72. The summed E-state index contributed by atoms with van der Waals surface area (Å²) in [5.74, 6) is -0.000342. The molecule has 0 saturated carbocycles. The first-order valence-electron chi connectivity index (χ1n) is 8.94. The predicted octanol–water partition coefficient (Wildman–Crippen LogP) is 1.68. The summed E-state index contributed by atoms with van der Waals surface area (Å²) in [5, 5.41) is 3.25. The van der Waals surface area contributed by atoms with E-state index in [1.54, 1.807) is 19.4 Å². The average molecular weight is 366 g/mol. The zero-order chi connectivity index (χ0) is 19.5. The Hall–Kier alpha value is -2.96. The van der Waals surface area contributed by atoms with E-state index in [0.717, 1.165) is 15.8 Å². The number of ketones is 1. The molecule has 1 N–H and O–H groups in total. The van der Waals surface area contributed by atoms with Gasteiger partial charge in [0.2, 0.25) is 0 Å². The fourth-order valence-corrected chi connectivity index (χ4v) is 4.24. The van der Waals surface area contributed by atoms with Crippen molar-refractivity contribution < 1.29 is 4.79 Å². The summed E-state index contributed by atoms with van der Waals surface area (Å²) in [4.78, 5) is 42.6. The lowest BCUT2D eigenvalue weighted by Crippen LogP contribution is -2.45. The number of fused-ring (bicyclic) bond motifs is 1. The van der Waals surface area contributed by atoms with Gasteiger partial charge in [-0.2, -0.15) is 0 Å². The van der Waals surface area contributed by atoms with Crippen LogP contribution in [0.2, 0.25) is 0 Å². The zero-order valence-electron chi connectivity index (χ0n) is 15.9. The van der Waals surface area contributed by atoms with Gasteiger partial charge < -0.3 is 5.32 Å². The van der Waals surface area contributed by atoms with Crippen LogP contribution in [0.25, 0.3) is 0 Å². The van der Waals surface area contributed by atoms with Gasteiger partial charge in [0, 0.05) is 50.1 Å². The van der Waals surface area contributed by atoms with Crippen LogP contribution in [-0.2, 0) is 18.9 Å². The van der Waals surface area contributed by atoms with Crippen LogP contribution in [-0.4, -0.2) is 19.9 Å². The van der Waals surface area contributed by atoms with Gasteiger partial charge in [-0.15, -0.1) is 0 Å². The number of hydrogen-bond donors (Lipinski definition) is 1. The van der Waals surface area contributed by atoms with Gasteiger partial charge in [0.25, 0.3) is 5.56 Å². The summed E-state index contributed by atoms with van der Waals surface area (Å²) < 4.78 is 2.54. The minimum atomic E-state index is -0.506. The molecule has 0 aromatic carbocycles. The van der Waals surface area contributed by atoms with Crippen molar-refractivity contribution in [3.05, 3.63) is 67.8 Å². The first kappa shape index (κ1) is 17.5. The van der Waals surface area contributed by atoms with E-state index in [0.29, 0.717) is 29.8 Å². The number of Topliss-reactive ketones (excluding diaryl/α,β-unsaturated/α-hetero) is 1. The van der Waals surface area contributed by atoms with Crippen molar-refractivity contribution in [3.63, 3.8) is 0 Å². The molecule has 3 heterocycles. The lowest BCUT2D eigenvalue weighted by Gasteiger charge is -2.39. The third-order valence-electron chi connectivity index (χ3n) is 5.51. The molecule has 7 nitrogen and oxygen atoms in total. The van der Waals surface area contributed by atoms with Gasteiger partial charge in [-0.1, -0.05) is 13.8 Å². The molecule has 2 aromatic heterocycles. The molecule has 4 rings (SSSR count). The number of nitrogens with zero attached hydrogens (tertiary/aromatic N) is 3. The van der Waals surface area contributed by atoms with Crippen molar-refractivity contribution in [1.82, 2.24) is 14.1 Å². The molecule has 140 valence electrons. The van der Waals surface area contributed by atoms with Crippen molar-refractivity contribution in [2.24, 2.45) is 19.5 Å². The molecule has 0 radical (unpaired) electrons. The summed E-state index contributed by atoms with van der Waals surface area (Å²) in [6.45, 7) is 4.10. The summed E-state index contributed by atoms with van der Waals surface area (Å²) in [6, 6.07) is 3.64. The zero-order valence-corrected chi connectivity index (χ0v) is 15.9. The number of aromatic nitrogens is 3. The van der Waals surface area contributed by atoms with Gasteiger partial charge in [-0.05, 0) is 29.5 Å².